The van der Waals surface area contributed by atoms with Gasteiger partial charge in [0, 0.05) is 0 Å². The standard InChI is InChI=1S/C11H14O/c1-8-4-10-3-2-9(7-12)6-11(10)5-8/h2-3,6,8,12H,4-5,7H2,1H3/t8-/m0/s1. The van der Waals surface area contributed by atoms with Crippen LogP contribution in [0.2, 0.25) is 0 Å². The van der Waals surface area contributed by atoms with Crippen molar-refractivity contribution >= 4 is 0 Å². The summed E-state index contributed by atoms with van der Waals surface area (Å²) in [5.41, 5.74) is 3.96. The third-order valence-electron chi connectivity index (χ3n) is 2.59. The zero-order valence-corrected chi connectivity index (χ0v) is 7.38. The van der Waals surface area contributed by atoms with Crippen LogP contribution in [0.25, 0.3) is 0 Å². The van der Waals surface area contributed by atoms with E-state index in [0.717, 1.165) is 11.5 Å². The van der Waals surface area contributed by atoms with Crippen molar-refractivity contribution in [1.82, 2.24) is 0 Å². The van der Waals surface area contributed by atoms with Crippen LogP contribution in [0.1, 0.15) is 23.6 Å². The van der Waals surface area contributed by atoms with Crippen LogP contribution in [0.5, 0.6) is 0 Å². The summed E-state index contributed by atoms with van der Waals surface area (Å²) in [6.45, 7) is 2.44. The van der Waals surface area contributed by atoms with E-state index in [9.17, 15) is 0 Å². The maximum atomic E-state index is 8.93. The van der Waals surface area contributed by atoms with Gasteiger partial charge in [-0.1, -0.05) is 25.1 Å². The van der Waals surface area contributed by atoms with Crippen molar-refractivity contribution < 1.29 is 5.11 Å². The van der Waals surface area contributed by atoms with E-state index in [1.165, 1.54) is 24.0 Å². The fourth-order valence-electron chi connectivity index (χ4n) is 1.99. The summed E-state index contributed by atoms with van der Waals surface area (Å²) < 4.78 is 0. The van der Waals surface area contributed by atoms with Crippen LogP contribution in [0, 0.1) is 5.92 Å². The van der Waals surface area contributed by atoms with Crippen molar-refractivity contribution in [3.05, 3.63) is 34.9 Å². The van der Waals surface area contributed by atoms with Crippen LogP contribution in [-0.2, 0) is 19.4 Å². The average Bonchev–Trinajstić information content (AvgIpc) is 2.43. The predicted octanol–water partition coefficient (Wildman–Crippen LogP) is 1.91. The van der Waals surface area contributed by atoms with Gasteiger partial charge in [0.1, 0.15) is 0 Å². The third-order valence-corrected chi connectivity index (χ3v) is 2.59. The SMILES string of the molecule is C[C@H]1Cc2ccc(CO)cc2C1. The van der Waals surface area contributed by atoms with Gasteiger partial charge in [-0.15, -0.1) is 0 Å². The molecule has 1 aromatic rings. The minimum atomic E-state index is 0.168. The highest BCUT2D eigenvalue weighted by molar-refractivity contribution is 5.35. The summed E-state index contributed by atoms with van der Waals surface area (Å²) in [5.74, 6) is 0.786. The molecule has 1 aromatic carbocycles. The summed E-state index contributed by atoms with van der Waals surface area (Å²) in [5, 5.41) is 8.93. The lowest BCUT2D eigenvalue weighted by molar-refractivity contribution is 0.281. The molecule has 0 bridgehead atoms. The van der Waals surface area contributed by atoms with E-state index in [4.69, 9.17) is 5.11 Å². The number of fused-ring (bicyclic) bond motifs is 1. The van der Waals surface area contributed by atoms with Gasteiger partial charge in [0.15, 0.2) is 0 Å². The van der Waals surface area contributed by atoms with Crippen molar-refractivity contribution in [1.29, 1.82) is 0 Å². The lowest BCUT2D eigenvalue weighted by atomic mass is 10.1. The first kappa shape index (κ1) is 7.81. The Hall–Kier alpha value is -0.820. The molecule has 1 aliphatic carbocycles. The minimum Gasteiger partial charge on any atom is -0.392 e. The van der Waals surface area contributed by atoms with Gasteiger partial charge in [-0.2, -0.15) is 0 Å². The summed E-state index contributed by atoms with van der Waals surface area (Å²) in [4.78, 5) is 0. The van der Waals surface area contributed by atoms with Crippen LogP contribution >= 0.6 is 0 Å². The summed E-state index contributed by atoms with van der Waals surface area (Å²) in [6, 6.07) is 6.32. The second-order valence-electron chi connectivity index (χ2n) is 3.77. The molecule has 0 heterocycles. The Morgan fingerprint density at radius 1 is 1.33 bits per heavy atom. The van der Waals surface area contributed by atoms with E-state index in [-0.39, 0.29) is 6.61 Å². The quantitative estimate of drug-likeness (QED) is 0.668. The summed E-state index contributed by atoms with van der Waals surface area (Å²) >= 11 is 0. The predicted molar refractivity (Wildman–Crippen MR) is 48.9 cm³/mol. The van der Waals surface area contributed by atoms with Gasteiger partial charge in [-0.25, -0.2) is 0 Å². The van der Waals surface area contributed by atoms with Crippen LogP contribution in [0.4, 0.5) is 0 Å². The van der Waals surface area contributed by atoms with Gasteiger partial charge >= 0.3 is 0 Å². The topological polar surface area (TPSA) is 20.2 Å². The Morgan fingerprint density at radius 3 is 2.83 bits per heavy atom. The van der Waals surface area contributed by atoms with Crippen LogP contribution in [0.15, 0.2) is 18.2 Å². The molecule has 0 aromatic heterocycles. The van der Waals surface area contributed by atoms with E-state index in [1.54, 1.807) is 0 Å². The van der Waals surface area contributed by atoms with Gasteiger partial charge in [0.2, 0.25) is 0 Å². The number of rotatable bonds is 1. The third kappa shape index (κ3) is 1.25. The highest BCUT2D eigenvalue weighted by Crippen LogP contribution is 2.26. The molecule has 0 fully saturated rings. The highest BCUT2D eigenvalue weighted by atomic mass is 16.3. The van der Waals surface area contributed by atoms with Crippen molar-refractivity contribution in [2.45, 2.75) is 26.4 Å². The Morgan fingerprint density at radius 2 is 2.08 bits per heavy atom. The lowest BCUT2D eigenvalue weighted by Gasteiger charge is -2.00. The molecule has 1 heteroatoms. The zero-order chi connectivity index (χ0) is 8.55. The molecular formula is C11H14O. The monoisotopic (exact) mass is 162 g/mol. The molecule has 1 aliphatic rings. The minimum absolute atomic E-state index is 0.168. The van der Waals surface area contributed by atoms with Crippen molar-refractivity contribution in [2.75, 3.05) is 0 Å². The van der Waals surface area contributed by atoms with E-state index >= 15 is 0 Å². The smallest absolute Gasteiger partial charge is 0.0681 e. The molecule has 1 nitrogen and oxygen atoms in total. The van der Waals surface area contributed by atoms with Crippen molar-refractivity contribution in [2.24, 2.45) is 5.92 Å². The van der Waals surface area contributed by atoms with E-state index in [2.05, 4.69) is 19.1 Å². The molecule has 0 saturated carbocycles. The van der Waals surface area contributed by atoms with Crippen molar-refractivity contribution in [3.8, 4) is 0 Å². The van der Waals surface area contributed by atoms with E-state index < -0.39 is 0 Å². The second kappa shape index (κ2) is 2.91. The number of benzene rings is 1. The number of aliphatic hydroxyl groups is 1. The fourth-order valence-corrected chi connectivity index (χ4v) is 1.99. The molecular weight excluding hydrogens is 148 g/mol. The molecule has 64 valence electrons. The Bertz CT molecular complexity index is 291. The van der Waals surface area contributed by atoms with E-state index in [1.807, 2.05) is 6.07 Å². The fraction of sp³-hybridized carbons (Fsp3) is 0.455. The first-order valence-corrected chi connectivity index (χ1v) is 4.51. The second-order valence-corrected chi connectivity index (χ2v) is 3.77. The zero-order valence-electron chi connectivity index (χ0n) is 7.38. The highest BCUT2D eigenvalue weighted by Gasteiger charge is 2.17. The van der Waals surface area contributed by atoms with Gasteiger partial charge in [0.05, 0.1) is 6.61 Å². The molecule has 2 rings (SSSR count). The molecule has 0 radical (unpaired) electrons. The molecule has 0 spiro atoms. The van der Waals surface area contributed by atoms with Gasteiger partial charge in [0.25, 0.3) is 0 Å². The summed E-state index contributed by atoms with van der Waals surface area (Å²) in [7, 11) is 0. The average molecular weight is 162 g/mol. The molecule has 0 unspecified atom stereocenters. The Kier molecular flexibility index (Phi) is 1.89. The van der Waals surface area contributed by atoms with Crippen molar-refractivity contribution in [3.63, 3.8) is 0 Å². The molecule has 0 saturated heterocycles. The van der Waals surface area contributed by atoms with Gasteiger partial charge in [-0.05, 0) is 35.4 Å². The van der Waals surface area contributed by atoms with Crippen LogP contribution < -0.4 is 0 Å². The maximum absolute atomic E-state index is 8.93. The first-order valence-electron chi connectivity index (χ1n) is 4.51. The molecule has 0 amide bonds. The Balaban J connectivity index is 2.35. The lowest BCUT2D eigenvalue weighted by Crippen LogP contribution is -1.89. The Labute approximate surface area is 73.0 Å². The molecule has 0 aliphatic heterocycles. The largest absolute Gasteiger partial charge is 0.392 e. The number of aliphatic hydroxyl groups excluding tert-OH is 1. The maximum Gasteiger partial charge on any atom is 0.0681 e. The molecule has 1 N–H and O–H groups in total. The molecule has 12 heavy (non-hydrogen) atoms. The molecule has 1 atom stereocenters. The van der Waals surface area contributed by atoms with Gasteiger partial charge < -0.3 is 5.11 Å². The van der Waals surface area contributed by atoms with Gasteiger partial charge in [-0.3, -0.25) is 0 Å². The van der Waals surface area contributed by atoms with Crippen LogP contribution in [0.3, 0.4) is 0 Å². The summed E-state index contributed by atoms with van der Waals surface area (Å²) in [6.07, 6.45) is 2.39. The number of hydrogen-bond acceptors (Lipinski definition) is 1. The first-order chi connectivity index (χ1) is 5.79. The van der Waals surface area contributed by atoms with E-state index in [0.29, 0.717) is 0 Å². The van der Waals surface area contributed by atoms with Crippen LogP contribution in [-0.4, -0.2) is 5.11 Å². The normalized spacial score (nSPS) is 21.0. The number of hydrogen-bond donors (Lipinski definition) is 1.